The van der Waals surface area contributed by atoms with Gasteiger partial charge in [-0.25, -0.2) is 0 Å². The predicted octanol–water partition coefficient (Wildman–Crippen LogP) is 3.36. The third kappa shape index (κ3) is 1.98. The molecule has 3 rings (SSSR count). The molecule has 2 aromatic carbocycles. The molecule has 1 heterocycles. The van der Waals surface area contributed by atoms with Crippen molar-refractivity contribution in [1.82, 2.24) is 4.98 Å². The van der Waals surface area contributed by atoms with E-state index in [1.807, 2.05) is 24.3 Å². The molecule has 1 aromatic heterocycles. The van der Waals surface area contributed by atoms with Crippen LogP contribution < -0.4 is 5.73 Å². The largest absolute Gasteiger partial charge is 0.325 e. The van der Waals surface area contributed by atoms with E-state index in [1.54, 1.807) is 0 Å². The van der Waals surface area contributed by atoms with Gasteiger partial charge in [0.2, 0.25) is 0 Å². The molecule has 0 spiro atoms. The van der Waals surface area contributed by atoms with Gasteiger partial charge in [0.25, 0.3) is 0 Å². The summed E-state index contributed by atoms with van der Waals surface area (Å²) in [6, 6.07) is 20.7. The second-order valence-corrected chi connectivity index (χ2v) is 4.28. The minimum atomic E-state index is 0.478. The average Bonchev–Trinajstić information content (AvgIpc) is 2.47. The van der Waals surface area contributed by atoms with Gasteiger partial charge < -0.3 is 5.73 Å². The van der Waals surface area contributed by atoms with Gasteiger partial charge in [-0.3, -0.25) is 4.98 Å². The lowest BCUT2D eigenvalue weighted by Crippen LogP contribution is -1.99. The number of hydrogen-bond donors (Lipinski definition) is 1. The van der Waals surface area contributed by atoms with Gasteiger partial charge in [0.1, 0.15) is 0 Å². The Morgan fingerprint density at radius 3 is 2.39 bits per heavy atom. The molecule has 0 unspecified atom stereocenters. The topological polar surface area (TPSA) is 38.9 Å². The maximum absolute atomic E-state index is 5.63. The van der Waals surface area contributed by atoms with Crippen molar-refractivity contribution in [3.05, 3.63) is 66.4 Å². The molecule has 2 heteroatoms. The molecule has 88 valence electrons. The molecular weight excluding hydrogens is 220 g/mol. The normalized spacial score (nSPS) is 10.7. The highest BCUT2D eigenvalue weighted by atomic mass is 14.7. The molecule has 2 N–H and O–H groups in total. The molecule has 0 aliphatic rings. The zero-order valence-electron chi connectivity index (χ0n) is 10.0. The van der Waals surface area contributed by atoms with E-state index in [4.69, 9.17) is 5.73 Å². The van der Waals surface area contributed by atoms with E-state index in [9.17, 15) is 0 Å². The molecule has 0 amide bonds. The van der Waals surface area contributed by atoms with E-state index in [0.717, 1.165) is 16.6 Å². The Balaban J connectivity index is 2.15. The summed E-state index contributed by atoms with van der Waals surface area (Å²) in [7, 11) is 0. The van der Waals surface area contributed by atoms with Gasteiger partial charge >= 0.3 is 0 Å². The zero-order chi connectivity index (χ0) is 12.4. The molecule has 0 bridgehead atoms. The third-order valence-electron chi connectivity index (χ3n) is 3.07. The van der Waals surface area contributed by atoms with Gasteiger partial charge in [-0.2, -0.15) is 0 Å². The maximum Gasteiger partial charge on any atom is 0.0712 e. The molecule has 18 heavy (non-hydrogen) atoms. The van der Waals surface area contributed by atoms with Crippen LogP contribution >= 0.6 is 0 Å². The Bertz CT molecular complexity index is 675. The smallest absolute Gasteiger partial charge is 0.0712 e. The number of aromatic nitrogens is 1. The second-order valence-electron chi connectivity index (χ2n) is 4.28. The molecule has 0 saturated heterocycles. The monoisotopic (exact) mass is 234 g/mol. The van der Waals surface area contributed by atoms with E-state index in [0.29, 0.717) is 6.54 Å². The molecule has 3 aromatic rings. The van der Waals surface area contributed by atoms with Crippen molar-refractivity contribution in [2.75, 3.05) is 0 Å². The van der Waals surface area contributed by atoms with Crippen LogP contribution in [0.2, 0.25) is 0 Å². The number of rotatable bonds is 2. The molecule has 0 saturated carbocycles. The lowest BCUT2D eigenvalue weighted by molar-refractivity contribution is 1.01. The van der Waals surface area contributed by atoms with Crippen molar-refractivity contribution in [2.24, 2.45) is 5.73 Å². The quantitative estimate of drug-likeness (QED) is 0.738. The summed E-state index contributed by atoms with van der Waals surface area (Å²) < 4.78 is 0. The maximum atomic E-state index is 5.63. The summed E-state index contributed by atoms with van der Waals surface area (Å²) in [4.78, 5) is 4.55. The van der Waals surface area contributed by atoms with Crippen LogP contribution in [-0.4, -0.2) is 4.98 Å². The van der Waals surface area contributed by atoms with Gasteiger partial charge in [0, 0.05) is 11.9 Å². The average molecular weight is 234 g/mol. The minimum absolute atomic E-state index is 0.478. The van der Waals surface area contributed by atoms with Crippen LogP contribution in [0.25, 0.3) is 22.0 Å². The van der Waals surface area contributed by atoms with Crippen molar-refractivity contribution in [3.63, 3.8) is 0 Å². The van der Waals surface area contributed by atoms with E-state index < -0.39 is 0 Å². The standard InChI is InChI=1S/C16H14N2/c17-11-15-9-8-13-6-7-14(10-16(13)18-15)12-4-2-1-3-5-12/h1-10H,11,17H2. The summed E-state index contributed by atoms with van der Waals surface area (Å²) in [5.74, 6) is 0. The molecular formula is C16H14N2. The van der Waals surface area contributed by atoms with Crippen LogP contribution in [0.15, 0.2) is 60.7 Å². The highest BCUT2D eigenvalue weighted by Gasteiger charge is 2.01. The Morgan fingerprint density at radius 2 is 1.61 bits per heavy atom. The van der Waals surface area contributed by atoms with Gasteiger partial charge in [-0.05, 0) is 23.3 Å². The molecule has 0 atom stereocenters. The fraction of sp³-hybridized carbons (Fsp3) is 0.0625. The van der Waals surface area contributed by atoms with Gasteiger partial charge in [-0.1, -0.05) is 48.5 Å². The highest BCUT2D eigenvalue weighted by molar-refractivity contribution is 5.84. The van der Waals surface area contributed by atoms with E-state index >= 15 is 0 Å². The van der Waals surface area contributed by atoms with Gasteiger partial charge in [0.15, 0.2) is 0 Å². The zero-order valence-corrected chi connectivity index (χ0v) is 10.0. The van der Waals surface area contributed by atoms with Crippen LogP contribution in [-0.2, 0) is 6.54 Å². The summed E-state index contributed by atoms with van der Waals surface area (Å²) in [5, 5.41) is 1.15. The first kappa shape index (κ1) is 10.9. The Labute approximate surface area is 106 Å². The molecule has 0 radical (unpaired) electrons. The SMILES string of the molecule is NCc1ccc2ccc(-c3ccccc3)cc2n1. The number of pyridine rings is 1. The van der Waals surface area contributed by atoms with Crippen molar-refractivity contribution >= 4 is 10.9 Å². The Hall–Kier alpha value is -2.19. The predicted molar refractivity (Wildman–Crippen MR) is 75.1 cm³/mol. The van der Waals surface area contributed by atoms with Gasteiger partial charge in [0.05, 0.1) is 11.2 Å². The number of fused-ring (bicyclic) bond motifs is 1. The lowest BCUT2D eigenvalue weighted by atomic mass is 10.0. The summed E-state index contributed by atoms with van der Waals surface area (Å²) in [6.07, 6.45) is 0. The van der Waals surface area contributed by atoms with E-state index in [2.05, 4.69) is 41.4 Å². The van der Waals surface area contributed by atoms with E-state index in [-0.39, 0.29) is 0 Å². The number of hydrogen-bond acceptors (Lipinski definition) is 2. The van der Waals surface area contributed by atoms with Crippen molar-refractivity contribution < 1.29 is 0 Å². The number of nitrogens with two attached hydrogens (primary N) is 1. The van der Waals surface area contributed by atoms with Crippen molar-refractivity contribution in [2.45, 2.75) is 6.54 Å². The number of benzene rings is 2. The molecule has 0 aliphatic heterocycles. The van der Waals surface area contributed by atoms with Crippen LogP contribution in [0.5, 0.6) is 0 Å². The van der Waals surface area contributed by atoms with Crippen LogP contribution in [0.1, 0.15) is 5.69 Å². The van der Waals surface area contributed by atoms with Crippen molar-refractivity contribution in [1.29, 1.82) is 0 Å². The van der Waals surface area contributed by atoms with Gasteiger partial charge in [-0.15, -0.1) is 0 Å². The highest BCUT2D eigenvalue weighted by Crippen LogP contribution is 2.23. The molecule has 0 aliphatic carbocycles. The summed E-state index contributed by atoms with van der Waals surface area (Å²) in [5.41, 5.74) is 9.94. The first-order chi connectivity index (χ1) is 8.86. The Kier molecular flexibility index (Phi) is 2.79. The third-order valence-corrected chi connectivity index (χ3v) is 3.07. The Morgan fingerprint density at radius 1 is 0.833 bits per heavy atom. The number of nitrogens with zero attached hydrogens (tertiary/aromatic N) is 1. The molecule has 2 nitrogen and oxygen atoms in total. The summed E-state index contributed by atoms with van der Waals surface area (Å²) >= 11 is 0. The fourth-order valence-electron chi connectivity index (χ4n) is 2.08. The van der Waals surface area contributed by atoms with Crippen LogP contribution in [0, 0.1) is 0 Å². The van der Waals surface area contributed by atoms with Crippen LogP contribution in [0.4, 0.5) is 0 Å². The fourth-order valence-corrected chi connectivity index (χ4v) is 2.08. The first-order valence-corrected chi connectivity index (χ1v) is 6.02. The lowest BCUT2D eigenvalue weighted by Gasteiger charge is -2.05. The van der Waals surface area contributed by atoms with Crippen molar-refractivity contribution in [3.8, 4) is 11.1 Å². The van der Waals surface area contributed by atoms with E-state index in [1.165, 1.54) is 11.1 Å². The minimum Gasteiger partial charge on any atom is -0.325 e. The first-order valence-electron chi connectivity index (χ1n) is 6.02. The second kappa shape index (κ2) is 4.59. The summed E-state index contributed by atoms with van der Waals surface area (Å²) in [6.45, 7) is 0.478. The van der Waals surface area contributed by atoms with Crippen LogP contribution in [0.3, 0.4) is 0 Å². The molecule has 0 fully saturated rings.